The molecule has 1 aromatic heterocycles. The molecule has 8 heteroatoms. The zero-order valence-corrected chi connectivity index (χ0v) is 17.9. The van der Waals surface area contributed by atoms with Crippen LogP contribution in [0.25, 0.3) is 0 Å². The molecular formula is C21H24N4O3S. The molecule has 0 radical (unpaired) electrons. The number of sulfonamides is 1. The highest BCUT2D eigenvalue weighted by atomic mass is 32.2. The summed E-state index contributed by atoms with van der Waals surface area (Å²) in [5, 5.41) is 6.81. The maximum Gasteiger partial charge on any atom is 0.262 e. The first-order chi connectivity index (χ1) is 13.6. The molecule has 0 aliphatic rings. The quantitative estimate of drug-likeness (QED) is 0.668. The van der Waals surface area contributed by atoms with E-state index in [1.807, 2.05) is 19.1 Å². The molecule has 0 fully saturated rings. The van der Waals surface area contributed by atoms with E-state index in [1.165, 1.54) is 6.07 Å². The topological polar surface area (TPSA) is 93.1 Å². The molecule has 0 spiro atoms. The van der Waals surface area contributed by atoms with Crippen LogP contribution in [0.1, 0.15) is 32.6 Å². The number of hydrogen-bond donors (Lipinski definition) is 2. The van der Waals surface area contributed by atoms with Crippen LogP contribution in [0.2, 0.25) is 0 Å². The first kappa shape index (κ1) is 20.6. The molecule has 152 valence electrons. The van der Waals surface area contributed by atoms with Crippen molar-refractivity contribution in [2.75, 3.05) is 10.0 Å². The van der Waals surface area contributed by atoms with Crippen molar-refractivity contribution in [1.29, 1.82) is 0 Å². The van der Waals surface area contributed by atoms with Gasteiger partial charge in [0.25, 0.3) is 15.9 Å². The van der Waals surface area contributed by atoms with Gasteiger partial charge in [0.1, 0.15) is 0 Å². The van der Waals surface area contributed by atoms with Gasteiger partial charge in [-0.05, 0) is 56.5 Å². The van der Waals surface area contributed by atoms with E-state index in [4.69, 9.17) is 0 Å². The number of aryl methyl sites for hydroxylation is 5. The smallest absolute Gasteiger partial charge is 0.262 e. The zero-order valence-electron chi connectivity index (χ0n) is 17.1. The Kier molecular flexibility index (Phi) is 5.48. The minimum atomic E-state index is -3.81. The Balaban J connectivity index is 1.91. The molecule has 3 aromatic rings. The lowest BCUT2D eigenvalue weighted by Gasteiger charge is -2.16. The number of rotatable bonds is 5. The number of hydrogen-bond acceptors (Lipinski definition) is 4. The van der Waals surface area contributed by atoms with Crippen molar-refractivity contribution in [3.05, 3.63) is 70.4 Å². The van der Waals surface area contributed by atoms with Crippen molar-refractivity contribution < 1.29 is 13.2 Å². The molecule has 2 aromatic carbocycles. The van der Waals surface area contributed by atoms with Crippen molar-refractivity contribution >= 4 is 27.4 Å². The van der Waals surface area contributed by atoms with Crippen molar-refractivity contribution in [3.8, 4) is 0 Å². The Labute approximate surface area is 170 Å². The first-order valence-corrected chi connectivity index (χ1v) is 10.6. The largest absolute Gasteiger partial charge is 0.305 e. The zero-order chi connectivity index (χ0) is 21.3. The summed E-state index contributed by atoms with van der Waals surface area (Å²) < 4.78 is 30.3. The van der Waals surface area contributed by atoms with Crippen LogP contribution in [0.4, 0.5) is 11.5 Å². The van der Waals surface area contributed by atoms with Crippen LogP contribution in [0, 0.1) is 27.7 Å². The monoisotopic (exact) mass is 412 g/mol. The molecular weight excluding hydrogens is 388 g/mol. The average molecular weight is 413 g/mol. The van der Waals surface area contributed by atoms with E-state index in [9.17, 15) is 13.2 Å². The molecule has 29 heavy (non-hydrogen) atoms. The third-order valence-electron chi connectivity index (χ3n) is 4.57. The number of anilines is 2. The fourth-order valence-electron chi connectivity index (χ4n) is 3.33. The van der Waals surface area contributed by atoms with Crippen LogP contribution in [-0.2, 0) is 17.1 Å². The van der Waals surface area contributed by atoms with Gasteiger partial charge in [-0.15, -0.1) is 0 Å². The summed E-state index contributed by atoms with van der Waals surface area (Å²) in [5.41, 5.74) is 3.76. The molecule has 3 rings (SSSR count). The van der Waals surface area contributed by atoms with Gasteiger partial charge in [0.2, 0.25) is 0 Å². The van der Waals surface area contributed by atoms with Crippen LogP contribution in [0.3, 0.4) is 0 Å². The standard InChI is InChI=1S/C21H24N4O3S/c1-13-10-15(3)20(16(4)11-13)29(27,28)24-18-12-17(7-6-14(18)2)21(26)22-19-8-9-25(5)23-19/h6-12,24H,1-5H3,(H,22,23,26). The average Bonchev–Trinajstić information content (AvgIpc) is 3.00. The van der Waals surface area contributed by atoms with Crippen molar-refractivity contribution in [3.63, 3.8) is 0 Å². The van der Waals surface area contributed by atoms with Gasteiger partial charge >= 0.3 is 0 Å². The van der Waals surface area contributed by atoms with Crippen molar-refractivity contribution in [2.24, 2.45) is 7.05 Å². The lowest BCUT2D eigenvalue weighted by Crippen LogP contribution is -2.18. The van der Waals surface area contributed by atoms with E-state index in [-0.39, 0.29) is 10.8 Å². The molecule has 0 unspecified atom stereocenters. The number of aromatic nitrogens is 2. The minimum Gasteiger partial charge on any atom is -0.305 e. The van der Waals surface area contributed by atoms with Crippen LogP contribution in [0.5, 0.6) is 0 Å². The second-order valence-electron chi connectivity index (χ2n) is 7.19. The predicted molar refractivity (Wildman–Crippen MR) is 114 cm³/mol. The lowest BCUT2D eigenvalue weighted by molar-refractivity contribution is 0.102. The van der Waals surface area contributed by atoms with Gasteiger partial charge in [-0.3, -0.25) is 14.2 Å². The molecule has 0 aliphatic heterocycles. The predicted octanol–water partition coefficient (Wildman–Crippen LogP) is 3.71. The summed E-state index contributed by atoms with van der Waals surface area (Å²) in [6.07, 6.45) is 1.72. The summed E-state index contributed by atoms with van der Waals surface area (Å²) in [6.45, 7) is 7.26. The molecule has 2 N–H and O–H groups in total. The van der Waals surface area contributed by atoms with Gasteiger partial charge in [0.05, 0.1) is 10.6 Å². The molecule has 0 saturated heterocycles. The number of amides is 1. The van der Waals surface area contributed by atoms with Gasteiger partial charge in [0.15, 0.2) is 5.82 Å². The van der Waals surface area contributed by atoms with E-state index >= 15 is 0 Å². The Bertz CT molecular complexity index is 1170. The Morgan fingerprint density at radius 1 is 0.966 bits per heavy atom. The van der Waals surface area contributed by atoms with E-state index in [0.717, 1.165) is 5.56 Å². The number of carbonyl (C=O) groups excluding carboxylic acids is 1. The van der Waals surface area contributed by atoms with Crippen molar-refractivity contribution in [1.82, 2.24) is 9.78 Å². The number of carbonyl (C=O) groups is 1. The second-order valence-corrected chi connectivity index (χ2v) is 8.81. The molecule has 0 saturated carbocycles. The SMILES string of the molecule is Cc1cc(C)c(S(=O)(=O)Nc2cc(C(=O)Nc3ccn(C)n3)ccc2C)c(C)c1. The Morgan fingerprint density at radius 2 is 1.62 bits per heavy atom. The fourth-order valence-corrected chi connectivity index (χ4v) is 4.91. The van der Waals surface area contributed by atoms with E-state index in [0.29, 0.717) is 33.8 Å². The number of nitrogens with one attached hydrogen (secondary N) is 2. The molecule has 0 atom stereocenters. The van der Waals surface area contributed by atoms with Crippen LogP contribution < -0.4 is 10.0 Å². The molecule has 1 amide bonds. The van der Waals surface area contributed by atoms with E-state index < -0.39 is 10.0 Å². The molecule has 1 heterocycles. The van der Waals surface area contributed by atoms with Crippen LogP contribution >= 0.6 is 0 Å². The van der Waals surface area contributed by atoms with Crippen molar-refractivity contribution in [2.45, 2.75) is 32.6 Å². The second kappa shape index (κ2) is 7.71. The van der Waals surface area contributed by atoms with Crippen LogP contribution in [0.15, 0.2) is 47.5 Å². The van der Waals surface area contributed by atoms with E-state index in [2.05, 4.69) is 15.1 Å². The summed E-state index contributed by atoms with van der Waals surface area (Å²) in [6, 6.07) is 10.2. The number of nitrogens with zero attached hydrogens (tertiary/aromatic N) is 2. The minimum absolute atomic E-state index is 0.255. The molecule has 0 aliphatic carbocycles. The first-order valence-electron chi connectivity index (χ1n) is 9.09. The summed E-state index contributed by atoms with van der Waals surface area (Å²) in [4.78, 5) is 12.8. The summed E-state index contributed by atoms with van der Waals surface area (Å²) in [7, 11) is -2.06. The molecule has 7 nitrogen and oxygen atoms in total. The van der Waals surface area contributed by atoms with E-state index in [1.54, 1.807) is 56.9 Å². The lowest BCUT2D eigenvalue weighted by atomic mass is 10.1. The van der Waals surface area contributed by atoms with Gasteiger partial charge in [-0.25, -0.2) is 8.42 Å². The van der Waals surface area contributed by atoms with Gasteiger partial charge in [-0.1, -0.05) is 23.8 Å². The maximum atomic E-state index is 13.1. The highest BCUT2D eigenvalue weighted by Crippen LogP contribution is 2.26. The Hall–Kier alpha value is -3.13. The number of benzene rings is 2. The third kappa shape index (κ3) is 4.48. The van der Waals surface area contributed by atoms with Gasteiger partial charge in [0, 0.05) is 24.9 Å². The summed E-state index contributed by atoms with van der Waals surface area (Å²) >= 11 is 0. The third-order valence-corrected chi connectivity index (χ3v) is 6.24. The highest BCUT2D eigenvalue weighted by molar-refractivity contribution is 7.92. The Morgan fingerprint density at radius 3 is 2.21 bits per heavy atom. The van der Waals surface area contributed by atoms with Gasteiger partial charge < -0.3 is 5.32 Å². The highest BCUT2D eigenvalue weighted by Gasteiger charge is 2.21. The van der Waals surface area contributed by atoms with Gasteiger partial charge in [-0.2, -0.15) is 5.10 Å². The molecule has 0 bridgehead atoms. The van der Waals surface area contributed by atoms with Crippen LogP contribution in [-0.4, -0.2) is 24.1 Å². The fraction of sp³-hybridized carbons (Fsp3) is 0.238. The summed E-state index contributed by atoms with van der Waals surface area (Å²) in [5.74, 6) is 0.0537. The normalized spacial score (nSPS) is 11.3. The maximum absolute atomic E-state index is 13.1.